The fraction of sp³-hybridized carbons (Fsp3) is 0.958. The van der Waals surface area contributed by atoms with Gasteiger partial charge in [0.15, 0.2) is 0 Å². The van der Waals surface area contributed by atoms with Gasteiger partial charge in [0, 0.05) is 5.75 Å². The third-order valence-electron chi connectivity index (χ3n) is 2.94. The van der Waals surface area contributed by atoms with Gasteiger partial charge >= 0.3 is 19.6 Å². The monoisotopic (exact) mass is 594 g/mol. The molecule has 0 rings (SSSR count). The zero-order chi connectivity index (χ0) is 29.4. The smallest absolute Gasteiger partial charge is 0.390 e. The van der Waals surface area contributed by atoms with Gasteiger partial charge in [-0.05, 0) is 133 Å². The first-order valence-corrected chi connectivity index (χ1v) is 18.4. The van der Waals surface area contributed by atoms with Crippen molar-refractivity contribution in [1.29, 1.82) is 0 Å². The van der Waals surface area contributed by atoms with E-state index >= 15 is 0 Å². The molecule has 8 nitrogen and oxygen atoms in total. The number of carbonyl (C=O) groups is 1. The fourth-order valence-corrected chi connectivity index (χ4v) is 9.74. The van der Waals surface area contributed by atoms with E-state index in [1.807, 2.05) is 83.1 Å². The van der Waals surface area contributed by atoms with Crippen LogP contribution in [0.2, 0.25) is 0 Å². The predicted octanol–water partition coefficient (Wildman–Crippen LogP) is 9.13. The summed E-state index contributed by atoms with van der Waals surface area (Å²) < 4.78 is 52.3. The Morgan fingerprint density at radius 2 is 0.917 bits per heavy atom. The molecule has 0 spiro atoms. The van der Waals surface area contributed by atoms with Crippen LogP contribution in [0.15, 0.2) is 0 Å². The van der Waals surface area contributed by atoms with Crippen LogP contribution in [-0.2, 0) is 36.8 Å². The van der Waals surface area contributed by atoms with Gasteiger partial charge in [-0.15, -0.1) is 0 Å². The maximum Gasteiger partial charge on any atom is 0.390 e. The number of rotatable bonds is 9. The molecule has 0 amide bonds. The van der Waals surface area contributed by atoms with Gasteiger partial charge < -0.3 is 4.74 Å². The molecule has 0 aliphatic heterocycles. The van der Waals surface area contributed by atoms with E-state index in [1.165, 1.54) is 0 Å². The quantitative estimate of drug-likeness (QED) is 0.146. The Hall–Kier alpha value is 0.470. The maximum atomic E-state index is 12.9. The first-order chi connectivity index (χ1) is 15.5. The summed E-state index contributed by atoms with van der Waals surface area (Å²) in [6, 6.07) is 0. The van der Waals surface area contributed by atoms with Crippen LogP contribution in [0, 0.1) is 5.41 Å². The second-order valence-corrected chi connectivity index (χ2v) is 21.2. The van der Waals surface area contributed by atoms with Crippen molar-refractivity contribution in [1.82, 2.24) is 0 Å². The summed E-state index contributed by atoms with van der Waals surface area (Å²) in [5.41, 5.74) is -2.63. The van der Waals surface area contributed by atoms with Crippen LogP contribution in [0.4, 0.5) is 0 Å². The van der Waals surface area contributed by atoms with Crippen molar-refractivity contribution >= 4 is 42.3 Å². The largest absolute Gasteiger partial charge is 0.464 e. The van der Waals surface area contributed by atoms with Crippen molar-refractivity contribution in [2.45, 2.75) is 126 Å². The molecule has 0 heterocycles. The molecule has 0 aliphatic carbocycles. The van der Waals surface area contributed by atoms with Gasteiger partial charge in [0.2, 0.25) is 0 Å². The van der Waals surface area contributed by atoms with Crippen molar-refractivity contribution in [3.8, 4) is 0 Å². The molecular weight excluding hydrogens is 542 g/mol. The normalized spacial score (nSPS) is 14.2. The number of esters is 1. The molecule has 0 N–H and O–H groups in total. The number of ether oxygens (including phenoxy) is 1. The molecule has 36 heavy (non-hydrogen) atoms. The maximum absolute atomic E-state index is 12.9. The molecule has 0 saturated heterocycles. The van der Waals surface area contributed by atoms with Crippen molar-refractivity contribution in [2.24, 2.45) is 5.41 Å². The molecule has 0 atom stereocenters. The average molecular weight is 595 g/mol. The second-order valence-electron chi connectivity index (χ2n) is 13.1. The SMILES string of the molecule is CC(C)(C)OP(=O)(OC(C)(C)C)SCCOC(=O)C(C)(C)C.CSP(=O)(OC(C)(C)C)OC(C)(C)C. The first-order valence-electron chi connectivity index (χ1n) is 11.9. The third-order valence-corrected chi connectivity index (χ3v) is 10.9. The lowest BCUT2D eigenvalue weighted by Crippen LogP contribution is -2.24. The van der Waals surface area contributed by atoms with E-state index < -0.39 is 41.4 Å². The van der Waals surface area contributed by atoms with Gasteiger partial charge in [-0.25, -0.2) is 9.13 Å². The Labute approximate surface area is 229 Å². The Bertz CT molecular complexity index is 727. The van der Waals surface area contributed by atoms with Crippen LogP contribution in [0.25, 0.3) is 0 Å². The van der Waals surface area contributed by atoms with Gasteiger partial charge in [0.1, 0.15) is 6.61 Å². The highest BCUT2D eigenvalue weighted by Crippen LogP contribution is 2.65. The highest BCUT2D eigenvalue weighted by atomic mass is 32.7. The van der Waals surface area contributed by atoms with Crippen LogP contribution in [0.1, 0.15) is 104 Å². The van der Waals surface area contributed by atoms with Gasteiger partial charge in [-0.1, -0.05) is 0 Å². The first kappa shape index (κ1) is 38.6. The van der Waals surface area contributed by atoms with E-state index in [4.69, 9.17) is 22.8 Å². The summed E-state index contributed by atoms with van der Waals surface area (Å²) in [6.07, 6.45) is 1.73. The van der Waals surface area contributed by atoms with E-state index in [-0.39, 0.29) is 12.6 Å². The minimum atomic E-state index is -3.34. The van der Waals surface area contributed by atoms with Gasteiger partial charge in [-0.3, -0.25) is 22.9 Å². The zero-order valence-corrected chi connectivity index (χ0v) is 28.8. The molecule has 0 radical (unpaired) electrons. The second kappa shape index (κ2) is 14.2. The molecule has 0 aromatic rings. The summed E-state index contributed by atoms with van der Waals surface area (Å²) in [4.78, 5) is 11.7. The van der Waals surface area contributed by atoms with Crippen molar-refractivity contribution in [3.63, 3.8) is 0 Å². The molecule has 12 heteroatoms. The summed E-state index contributed by atoms with van der Waals surface area (Å²) >= 11 is 2.20. The highest BCUT2D eigenvalue weighted by molar-refractivity contribution is 8.55. The Morgan fingerprint density at radius 1 is 0.611 bits per heavy atom. The van der Waals surface area contributed by atoms with Gasteiger partial charge in [0.05, 0.1) is 27.8 Å². The van der Waals surface area contributed by atoms with E-state index in [0.29, 0.717) is 5.75 Å². The number of hydrogen-bond acceptors (Lipinski definition) is 10. The minimum Gasteiger partial charge on any atom is -0.464 e. The van der Waals surface area contributed by atoms with E-state index in [0.717, 1.165) is 22.8 Å². The van der Waals surface area contributed by atoms with Crippen LogP contribution in [0.5, 0.6) is 0 Å². The minimum absolute atomic E-state index is 0.172. The molecule has 0 saturated carbocycles. The fourth-order valence-electron chi connectivity index (χ4n) is 2.01. The van der Waals surface area contributed by atoms with Gasteiger partial charge in [0.25, 0.3) is 0 Å². The lowest BCUT2D eigenvalue weighted by molar-refractivity contribution is -0.152. The van der Waals surface area contributed by atoms with Crippen LogP contribution < -0.4 is 0 Å². The van der Waals surface area contributed by atoms with Crippen molar-refractivity contribution in [2.75, 3.05) is 18.6 Å². The van der Waals surface area contributed by atoms with Crippen molar-refractivity contribution < 1.29 is 36.8 Å². The molecule has 0 aromatic carbocycles. The Morgan fingerprint density at radius 3 is 1.17 bits per heavy atom. The summed E-state index contributed by atoms with van der Waals surface area (Å²) in [5.74, 6) is 0.0713. The van der Waals surface area contributed by atoms with Crippen LogP contribution >= 0.6 is 36.4 Å². The topological polar surface area (TPSA) is 97.4 Å². The summed E-state index contributed by atoms with van der Waals surface area (Å²) in [7, 11) is 0. The Kier molecular flexibility index (Phi) is 15.2. The molecular formula is C24H52O8P2S2. The molecule has 0 aliphatic rings. The predicted molar refractivity (Wildman–Crippen MR) is 155 cm³/mol. The van der Waals surface area contributed by atoms with Crippen LogP contribution in [0.3, 0.4) is 0 Å². The zero-order valence-electron chi connectivity index (χ0n) is 25.4. The summed E-state index contributed by atoms with van der Waals surface area (Å²) in [5, 5.41) is 0. The van der Waals surface area contributed by atoms with E-state index in [9.17, 15) is 13.9 Å². The molecule has 0 fully saturated rings. The van der Waals surface area contributed by atoms with E-state index in [2.05, 4.69) is 0 Å². The average Bonchev–Trinajstić information content (AvgIpc) is 2.51. The van der Waals surface area contributed by atoms with Crippen LogP contribution in [-0.4, -0.2) is 47.0 Å². The molecule has 0 aromatic heterocycles. The van der Waals surface area contributed by atoms with Crippen molar-refractivity contribution in [3.05, 3.63) is 0 Å². The molecule has 0 unspecified atom stereocenters. The highest BCUT2D eigenvalue weighted by Gasteiger charge is 2.36. The molecule has 218 valence electrons. The lowest BCUT2D eigenvalue weighted by atomic mass is 9.97. The van der Waals surface area contributed by atoms with E-state index in [1.54, 1.807) is 27.0 Å². The Balaban J connectivity index is 0. The lowest BCUT2D eigenvalue weighted by Gasteiger charge is -2.31. The third kappa shape index (κ3) is 22.5. The number of carbonyl (C=O) groups excluding carboxylic acids is 1. The van der Waals surface area contributed by atoms with Gasteiger partial charge in [-0.2, -0.15) is 0 Å². The molecule has 0 bridgehead atoms. The summed E-state index contributed by atoms with van der Waals surface area (Å²) in [6.45, 7) is 21.3. The standard InChI is InChI=1S/C15H31O5PS.C9H21O3PS/c1-13(2,3)12(16)18-10-11-22-21(17,19-14(4,5)6)20-15(7,8)9;1-8(2,3)11-13(10,14-7)12-9(4,5)6/h10-11H2,1-9H3;1-7H3. The number of hydrogen-bond donors (Lipinski definition) is 0.